The van der Waals surface area contributed by atoms with E-state index in [0.29, 0.717) is 13.0 Å². The van der Waals surface area contributed by atoms with Gasteiger partial charge in [-0.1, -0.05) is 226 Å². The third-order valence-electron chi connectivity index (χ3n) is 10.5. The Bertz CT molecular complexity index is 802. The topological polar surface area (TPSA) is 117 Å². The van der Waals surface area contributed by atoms with E-state index in [1.807, 2.05) is 0 Å². The molecule has 2 unspecified atom stereocenters. The molecule has 9 heteroatoms. The summed E-state index contributed by atoms with van der Waals surface area (Å²) in [5.41, 5.74) is 5.38. The fraction of sp³-hybridized carbons (Fsp3) is 0.978. The van der Waals surface area contributed by atoms with Crippen LogP contribution in [0.15, 0.2) is 0 Å². The van der Waals surface area contributed by atoms with Crippen LogP contribution in [0.25, 0.3) is 0 Å². The van der Waals surface area contributed by atoms with Crippen LogP contribution in [0.2, 0.25) is 0 Å². The normalized spacial score (nSPS) is 13.3. The molecule has 0 radical (unpaired) electrons. The van der Waals surface area contributed by atoms with Crippen LogP contribution in [0.4, 0.5) is 0 Å². The van der Waals surface area contributed by atoms with E-state index in [4.69, 9.17) is 24.3 Å². The average molecular weight is 790 g/mol. The maximum atomic E-state index is 12.6. The lowest BCUT2D eigenvalue weighted by Gasteiger charge is -2.20. The molecule has 8 nitrogen and oxygen atoms in total. The largest absolute Gasteiger partial charge is 0.472 e. The number of nitrogens with two attached hydrogens (primary N) is 1. The summed E-state index contributed by atoms with van der Waals surface area (Å²) in [5.74, 6) is -0.322. The SMILES string of the molecule is CCCCCCCCCCCCCCCCCCCCCOCC(COP(=O)(O)OCCN)OC(=O)CCCCCCCCCCCCCCCCCC. The van der Waals surface area contributed by atoms with Crippen molar-refractivity contribution in [2.75, 3.05) is 33.0 Å². The van der Waals surface area contributed by atoms with Crippen molar-refractivity contribution in [2.45, 2.75) is 251 Å². The van der Waals surface area contributed by atoms with Gasteiger partial charge < -0.3 is 20.1 Å². The first-order chi connectivity index (χ1) is 26.4. The smallest absolute Gasteiger partial charge is 0.457 e. The van der Waals surface area contributed by atoms with Gasteiger partial charge in [-0.15, -0.1) is 0 Å². The monoisotopic (exact) mass is 790 g/mol. The minimum absolute atomic E-state index is 0.0899. The maximum Gasteiger partial charge on any atom is 0.472 e. The Morgan fingerprint density at radius 3 is 1.17 bits per heavy atom. The number of hydrogen-bond acceptors (Lipinski definition) is 7. The van der Waals surface area contributed by atoms with Gasteiger partial charge in [0.1, 0.15) is 6.10 Å². The number of rotatable bonds is 46. The van der Waals surface area contributed by atoms with E-state index in [9.17, 15) is 14.3 Å². The molecule has 0 heterocycles. The van der Waals surface area contributed by atoms with E-state index in [2.05, 4.69) is 13.8 Å². The Balaban J connectivity index is 3.92. The molecule has 54 heavy (non-hydrogen) atoms. The molecular formula is C45H92NO7P. The summed E-state index contributed by atoms with van der Waals surface area (Å²) in [6, 6.07) is 0. The second-order valence-electron chi connectivity index (χ2n) is 16.0. The number of phosphoric ester groups is 1. The number of unbranched alkanes of at least 4 members (excludes halogenated alkanes) is 33. The molecule has 0 aromatic carbocycles. The Morgan fingerprint density at radius 1 is 0.481 bits per heavy atom. The predicted molar refractivity (Wildman–Crippen MR) is 229 cm³/mol. The summed E-state index contributed by atoms with van der Waals surface area (Å²) in [5, 5.41) is 0. The van der Waals surface area contributed by atoms with Gasteiger partial charge >= 0.3 is 13.8 Å². The van der Waals surface area contributed by atoms with E-state index in [1.54, 1.807) is 0 Å². The lowest BCUT2D eigenvalue weighted by molar-refractivity contribution is -0.154. The van der Waals surface area contributed by atoms with Gasteiger partial charge in [0.15, 0.2) is 0 Å². The second kappa shape index (κ2) is 43.6. The van der Waals surface area contributed by atoms with Crippen LogP contribution in [0.3, 0.4) is 0 Å². The summed E-state index contributed by atoms with van der Waals surface area (Å²) in [7, 11) is -4.27. The first-order valence-electron chi connectivity index (χ1n) is 23.5. The summed E-state index contributed by atoms with van der Waals surface area (Å²) >= 11 is 0. The van der Waals surface area contributed by atoms with Crippen LogP contribution in [0.1, 0.15) is 245 Å². The summed E-state index contributed by atoms with van der Waals surface area (Å²) < 4.78 is 33.5. The summed E-state index contributed by atoms with van der Waals surface area (Å²) in [4.78, 5) is 22.5. The van der Waals surface area contributed by atoms with Gasteiger partial charge in [0.2, 0.25) is 0 Å². The molecule has 0 aliphatic rings. The van der Waals surface area contributed by atoms with Gasteiger partial charge in [0.05, 0.1) is 19.8 Å². The van der Waals surface area contributed by atoms with E-state index in [1.165, 1.54) is 193 Å². The molecule has 0 rings (SSSR count). The molecule has 0 spiro atoms. The highest BCUT2D eigenvalue weighted by Gasteiger charge is 2.25. The molecule has 2 atom stereocenters. The predicted octanol–water partition coefficient (Wildman–Crippen LogP) is 14.1. The Morgan fingerprint density at radius 2 is 0.815 bits per heavy atom. The maximum absolute atomic E-state index is 12.6. The zero-order chi connectivity index (χ0) is 39.5. The van der Waals surface area contributed by atoms with Crippen LogP contribution >= 0.6 is 7.82 Å². The highest BCUT2D eigenvalue weighted by Crippen LogP contribution is 2.43. The Kier molecular flexibility index (Phi) is 43.2. The molecule has 0 saturated heterocycles. The molecule has 0 saturated carbocycles. The molecule has 0 aliphatic carbocycles. The highest BCUT2D eigenvalue weighted by atomic mass is 31.2. The van der Waals surface area contributed by atoms with Crippen LogP contribution in [-0.4, -0.2) is 49.9 Å². The minimum atomic E-state index is -4.27. The summed E-state index contributed by atoms with van der Waals surface area (Å²) in [6.45, 7) is 5.00. The number of carbonyl (C=O) groups excluding carboxylic acids is 1. The van der Waals surface area contributed by atoms with Gasteiger partial charge in [-0.2, -0.15) is 0 Å². The van der Waals surface area contributed by atoms with E-state index < -0.39 is 13.9 Å². The number of esters is 1. The van der Waals surface area contributed by atoms with Crippen molar-refractivity contribution < 1.29 is 32.8 Å². The fourth-order valence-electron chi connectivity index (χ4n) is 7.06. The zero-order valence-electron chi connectivity index (χ0n) is 36.0. The van der Waals surface area contributed by atoms with Crippen molar-refractivity contribution in [2.24, 2.45) is 5.73 Å². The molecule has 0 fully saturated rings. The van der Waals surface area contributed by atoms with Gasteiger partial charge in [0, 0.05) is 19.6 Å². The van der Waals surface area contributed by atoms with E-state index in [0.717, 1.165) is 32.1 Å². The van der Waals surface area contributed by atoms with Crippen molar-refractivity contribution in [1.82, 2.24) is 0 Å². The Hall–Kier alpha value is -0.500. The van der Waals surface area contributed by atoms with Crippen molar-refractivity contribution in [1.29, 1.82) is 0 Å². The second-order valence-corrected chi connectivity index (χ2v) is 17.4. The van der Waals surface area contributed by atoms with Crippen LogP contribution in [0.5, 0.6) is 0 Å². The Labute approximate surface area is 335 Å². The standard InChI is InChI=1S/C45H92NO7P/c1-3-5-7-9-11-13-15-17-19-21-22-23-25-27-29-31-33-35-37-40-50-42-44(43-52-54(48,49)51-41-39-46)53-45(47)38-36-34-32-30-28-26-24-20-18-16-14-12-10-8-6-4-2/h44H,3-43,46H2,1-2H3,(H,48,49). The van der Waals surface area contributed by atoms with Gasteiger partial charge in [-0.3, -0.25) is 13.8 Å². The lowest BCUT2D eigenvalue weighted by atomic mass is 10.0. The van der Waals surface area contributed by atoms with Crippen molar-refractivity contribution >= 4 is 13.8 Å². The minimum Gasteiger partial charge on any atom is -0.457 e. The van der Waals surface area contributed by atoms with Crippen LogP contribution in [-0.2, 0) is 27.9 Å². The van der Waals surface area contributed by atoms with Crippen molar-refractivity contribution in [3.05, 3.63) is 0 Å². The van der Waals surface area contributed by atoms with Gasteiger partial charge in [-0.25, -0.2) is 4.57 Å². The molecule has 0 bridgehead atoms. The number of hydrogen-bond donors (Lipinski definition) is 2. The van der Waals surface area contributed by atoms with Gasteiger partial charge in [0.25, 0.3) is 0 Å². The third-order valence-corrected chi connectivity index (χ3v) is 11.5. The van der Waals surface area contributed by atoms with Crippen molar-refractivity contribution in [3.63, 3.8) is 0 Å². The van der Waals surface area contributed by atoms with Crippen LogP contribution < -0.4 is 5.73 Å². The molecule has 0 aromatic rings. The number of carbonyl (C=O) groups is 1. The molecule has 0 aromatic heterocycles. The highest BCUT2D eigenvalue weighted by molar-refractivity contribution is 7.47. The zero-order valence-corrected chi connectivity index (χ0v) is 36.9. The lowest BCUT2D eigenvalue weighted by Crippen LogP contribution is -2.28. The third kappa shape index (κ3) is 42.6. The first kappa shape index (κ1) is 53.5. The molecule has 0 aliphatic heterocycles. The fourth-order valence-corrected chi connectivity index (χ4v) is 7.82. The number of phosphoric acid groups is 1. The van der Waals surface area contributed by atoms with E-state index in [-0.39, 0.29) is 32.3 Å². The quantitative estimate of drug-likeness (QED) is 0.0356. The molecule has 324 valence electrons. The van der Waals surface area contributed by atoms with Crippen molar-refractivity contribution in [3.8, 4) is 0 Å². The van der Waals surface area contributed by atoms with Gasteiger partial charge in [-0.05, 0) is 12.8 Å². The average Bonchev–Trinajstić information content (AvgIpc) is 3.16. The summed E-state index contributed by atoms with van der Waals surface area (Å²) in [6.07, 6.45) is 45.5. The molecule has 3 N–H and O–H groups in total. The molecule has 0 amide bonds. The van der Waals surface area contributed by atoms with Crippen LogP contribution in [0, 0.1) is 0 Å². The molecular weight excluding hydrogens is 697 g/mol. The first-order valence-corrected chi connectivity index (χ1v) is 25.0. The van der Waals surface area contributed by atoms with E-state index >= 15 is 0 Å². The number of ether oxygens (including phenoxy) is 2.